The van der Waals surface area contributed by atoms with Crippen LogP contribution in [0.3, 0.4) is 0 Å². The summed E-state index contributed by atoms with van der Waals surface area (Å²) in [4.78, 5) is 26.2. The van der Waals surface area contributed by atoms with Crippen molar-refractivity contribution in [2.45, 2.75) is 38.3 Å². The molecule has 4 heteroatoms. The zero-order chi connectivity index (χ0) is 22.1. The zero-order valence-corrected chi connectivity index (χ0v) is 18.0. The van der Waals surface area contributed by atoms with Crippen LogP contribution in [0.5, 0.6) is 0 Å². The fraction of sp³-hybridized carbons (Fsp3) is 0.214. The number of carbonyl (C=O) groups is 2. The molecule has 0 unspecified atom stereocenters. The highest BCUT2D eigenvalue weighted by atomic mass is 16.5. The molecule has 0 bridgehead atoms. The van der Waals surface area contributed by atoms with Crippen molar-refractivity contribution in [3.8, 4) is 0 Å². The van der Waals surface area contributed by atoms with Gasteiger partial charge in [0, 0.05) is 0 Å². The summed E-state index contributed by atoms with van der Waals surface area (Å²) in [6.45, 7) is 1.63. The molecule has 1 aliphatic carbocycles. The number of amides is 1. The number of hydrogen-bond donors (Lipinski definition) is 1. The van der Waals surface area contributed by atoms with Crippen LogP contribution in [-0.2, 0) is 16.0 Å². The average Bonchev–Trinajstić information content (AvgIpc) is 2.82. The van der Waals surface area contributed by atoms with Crippen molar-refractivity contribution < 1.29 is 14.3 Å². The first-order chi connectivity index (χ1) is 15.6. The third-order valence-electron chi connectivity index (χ3n) is 6.31. The van der Waals surface area contributed by atoms with Crippen LogP contribution >= 0.6 is 0 Å². The number of nitrogens with one attached hydrogen (secondary N) is 1. The third-order valence-corrected chi connectivity index (χ3v) is 6.31. The fourth-order valence-corrected chi connectivity index (χ4v) is 4.70. The van der Waals surface area contributed by atoms with E-state index in [1.54, 1.807) is 6.92 Å². The monoisotopic (exact) mass is 423 g/mol. The van der Waals surface area contributed by atoms with Crippen molar-refractivity contribution in [2.75, 3.05) is 0 Å². The van der Waals surface area contributed by atoms with Crippen LogP contribution in [0.15, 0.2) is 78.9 Å². The predicted molar refractivity (Wildman–Crippen MR) is 127 cm³/mol. The molecule has 0 fully saturated rings. The minimum absolute atomic E-state index is 0.0491. The third kappa shape index (κ3) is 3.73. The second-order valence-corrected chi connectivity index (χ2v) is 8.39. The molecule has 4 aromatic carbocycles. The summed E-state index contributed by atoms with van der Waals surface area (Å²) in [5.41, 5.74) is 2.93. The van der Waals surface area contributed by atoms with E-state index in [2.05, 4.69) is 23.5 Å². The van der Waals surface area contributed by atoms with Crippen molar-refractivity contribution >= 4 is 33.4 Å². The predicted octanol–water partition coefficient (Wildman–Crippen LogP) is 5.73. The maximum Gasteiger partial charge on any atom is 0.340 e. The molecule has 1 amide bonds. The van der Waals surface area contributed by atoms with Crippen LogP contribution in [0.1, 0.15) is 47.3 Å². The van der Waals surface area contributed by atoms with E-state index >= 15 is 0 Å². The van der Waals surface area contributed by atoms with Gasteiger partial charge in [0.1, 0.15) is 0 Å². The van der Waals surface area contributed by atoms with E-state index in [9.17, 15) is 9.59 Å². The van der Waals surface area contributed by atoms with E-state index in [0.717, 1.165) is 46.4 Å². The van der Waals surface area contributed by atoms with E-state index < -0.39 is 12.1 Å². The number of rotatable bonds is 4. The van der Waals surface area contributed by atoms with Gasteiger partial charge < -0.3 is 10.1 Å². The van der Waals surface area contributed by atoms with Crippen LogP contribution in [0.4, 0.5) is 0 Å². The standard InChI is InChI=1S/C28H25NO3/c1-18(27(30)29-25-16-8-12-19-9-2-5-13-22(19)25)32-28(31)26-23-14-6-3-10-20(23)17-21-11-4-7-15-24(21)26/h2-7,9-11,13-15,17-18,25H,8,12,16H2,1H3,(H,29,30)/t18-,25-/m1/s1. The van der Waals surface area contributed by atoms with Crippen molar-refractivity contribution in [1.29, 1.82) is 0 Å². The van der Waals surface area contributed by atoms with Crippen molar-refractivity contribution in [1.82, 2.24) is 5.32 Å². The average molecular weight is 424 g/mol. The Kier molecular flexibility index (Phi) is 5.36. The lowest BCUT2D eigenvalue weighted by Gasteiger charge is -2.27. The SMILES string of the molecule is C[C@@H](OC(=O)c1c2ccccc2cc2ccccc12)C(=O)N[C@@H]1CCCc2ccccc21. The molecule has 160 valence electrons. The maximum absolute atomic E-state index is 13.3. The number of hydrogen-bond acceptors (Lipinski definition) is 3. The molecule has 0 spiro atoms. The molecular weight excluding hydrogens is 398 g/mol. The molecule has 2 atom stereocenters. The molecule has 1 N–H and O–H groups in total. The summed E-state index contributed by atoms with van der Waals surface area (Å²) in [5, 5.41) is 6.67. The van der Waals surface area contributed by atoms with Gasteiger partial charge in [0.25, 0.3) is 5.91 Å². The maximum atomic E-state index is 13.3. The molecule has 0 aromatic heterocycles. The molecule has 1 aliphatic rings. The summed E-state index contributed by atoms with van der Waals surface area (Å²) < 4.78 is 5.69. The Morgan fingerprint density at radius 1 is 0.906 bits per heavy atom. The Labute approximate surface area is 187 Å². The molecule has 0 saturated heterocycles. The number of fused-ring (bicyclic) bond motifs is 3. The Morgan fingerprint density at radius 3 is 2.25 bits per heavy atom. The van der Waals surface area contributed by atoms with Crippen LogP contribution in [-0.4, -0.2) is 18.0 Å². The van der Waals surface area contributed by atoms with Gasteiger partial charge in [0.2, 0.25) is 0 Å². The molecule has 5 rings (SSSR count). The van der Waals surface area contributed by atoms with Gasteiger partial charge >= 0.3 is 5.97 Å². The Bertz CT molecular complexity index is 1270. The van der Waals surface area contributed by atoms with Crippen molar-refractivity contribution in [2.24, 2.45) is 0 Å². The van der Waals surface area contributed by atoms with E-state index in [4.69, 9.17) is 4.74 Å². The van der Waals surface area contributed by atoms with Gasteiger partial charge in [-0.05, 0) is 64.9 Å². The normalized spacial score (nSPS) is 16.3. The largest absolute Gasteiger partial charge is 0.449 e. The Hall–Kier alpha value is -3.66. The number of aryl methyl sites for hydroxylation is 1. The van der Waals surface area contributed by atoms with E-state index in [1.807, 2.05) is 60.7 Å². The molecule has 0 aliphatic heterocycles. The topological polar surface area (TPSA) is 55.4 Å². The highest BCUT2D eigenvalue weighted by Crippen LogP contribution is 2.31. The number of esters is 1. The Balaban J connectivity index is 1.39. The second-order valence-electron chi connectivity index (χ2n) is 8.39. The van der Waals surface area contributed by atoms with Gasteiger partial charge in [-0.2, -0.15) is 0 Å². The first kappa shape index (κ1) is 20.3. The minimum Gasteiger partial charge on any atom is -0.449 e. The van der Waals surface area contributed by atoms with E-state index in [0.29, 0.717) is 5.56 Å². The lowest BCUT2D eigenvalue weighted by atomic mass is 9.87. The zero-order valence-electron chi connectivity index (χ0n) is 18.0. The first-order valence-corrected chi connectivity index (χ1v) is 11.1. The summed E-state index contributed by atoms with van der Waals surface area (Å²) >= 11 is 0. The first-order valence-electron chi connectivity index (χ1n) is 11.1. The van der Waals surface area contributed by atoms with Gasteiger partial charge in [-0.25, -0.2) is 4.79 Å². The molecule has 4 aromatic rings. The molecule has 0 saturated carbocycles. The molecule has 4 nitrogen and oxygen atoms in total. The van der Waals surface area contributed by atoms with E-state index in [-0.39, 0.29) is 11.9 Å². The van der Waals surface area contributed by atoms with Crippen LogP contribution in [0, 0.1) is 0 Å². The summed E-state index contributed by atoms with van der Waals surface area (Å²) in [7, 11) is 0. The summed E-state index contributed by atoms with van der Waals surface area (Å²) in [6, 6.07) is 25.7. The minimum atomic E-state index is -0.894. The Morgan fingerprint density at radius 2 is 1.53 bits per heavy atom. The molecule has 32 heavy (non-hydrogen) atoms. The van der Waals surface area contributed by atoms with Gasteiger partial charge in [-0.1, -0.05) is 72.8 Å². The van der Waals surface area contributed by atoms with Crippen LogP contribution < -0.4 is 5.32 Å². The quantitative estimate of drug-likeness (QED) is 0.337. The molecule has 0 radical (unpaired) electrons. The lowest BCUT2D eigenvalue weighted by Crippen LogP contribution is -2.39. The van der Waals surface area contributed by atoms with Gasteiger partial charge in [-0.15, -0.1) is 0 Å². The number of benzene rings is 4. The summed E-state index contributed by atoms with van der Waals surface area (Å²) in [5.74, 6) is -0.755. The highest BCUT2D eigenvalue weighted by Gasteiger charge is 2.26. The highest BCUT2D eigenvalue weighted by molar-refractivity contribution is 6.16. The van der Waals surface area contributed by atoms with Crippen molar-refractivity contribution in [3.05, 3.63) is 95.6 Å². The number of ether oxygens (including phenoxy) is 1. The van der Waals surface area contributed by atoms with Gasteiger partial charge in [0.05, 0.1) is 11.6 Å². The number of carbonyl (C=O) groups excluding carboxylic acids is 2. The fourth-order valence-electron chi connectivity index (χ4n) is 4.70. The smallest absolute Gasteiger partial charge is 0.340 e. The molecular formula is C28H25NO3. The van der Waals surface area contributed by atoms with Crippen LogP contribution in [0.25, 0.3) is 21.5 Å². The van der Waals surface area contributed by atoms with Crippen molar-refractivity contribution in [3.63, 3.8) is 0 Å². The molecule has 0 heterocycles. The van der Waals surface area contributed by atoms with Gasteiger partial charge in [-0.3, -0.25) is 4.79 Å². The van der Waals surface area contributed by atoms with E-state index in [1.165, 1.54) is 5.56 Å². The second kappa shape index (κ2) is 8.46. The summed E-state index contributed by atoms with van der Waals surface area (Å²) in [6.07, 6.45) is 2.05. The lowest BCUT2D eigenvalue weighted by molar-refractivity contribution is -0.130. The van der Waals surface area contributed by atoms with Gasteiger partial charge in [0.15, 0.2) is 6.10 Å². The van der Waals surface area contributed by atoms with Crippen LogP contribution in [0.2, 0.25) is 0 Å².